The maximum absolute atomic E-state index is 12.8. The normalized spacial score (nSPS) is 22.2. The predicted octanol–water partition coefficient (Wildman–Crippen LogP) is 1.52. The van der Waals surface area contributed by atoms with Crippen LogP contribution in [0.25, 0.3) is 0 Å². The molecular formula is C18H26N4O2. The van der Waals surface area contributed by atoms with Gasteiger partial charge in [0.05, 0.1) is 5.92 Å². The molecule has 1 atom stereocenters. The molecule has 2 heterocycles. The number of hydrogen-bond acceptors (Lipinski definition) is 3. The van der Waals surface area contributed by atoms with Crippen molar-refractivity contribution >= 4 is 17.6 Å². The van der Waals surface area contributed by atoms with Crippen LogP contribution in [0.1, 0.15) is 19.3 Å². The quantitative estimate of drug-likeness (QED) is 0.894. The SMILES string of the molecule is NC(=O)N1CCC[C@@H](C(=O)N2CCCN(c3ccccc3)CC2)C1. The number of primary amides is 1. The van der Waals surface area contributed by atoms with Crippen LogP contribution < -0.4 is 10.6 Å². The summed E-state index contributed by atoms with van der Waals surface area (Å²) in [6.07, 6.45) is 2.66. The third-order valence-corrected chi connectivity index (χ3v) is 5.01. The molecule has 0 bridgehead atoms. The summed E-state index contributed by atoms with van der Waals surface area (Å²) in [7, 11) is 0. The van der Waals surface area contributed by atoms with Gasteiger partial charge in [0.15, 0.2) is 0 Å². The predicted molar refractivity (Wildman–Crippen MR) is 93.7 cm³/mol. The van der Waals surface area contributed by atoms with Crippen LogP contribution >= 0.6 is 0 Å². The van der Waals surface area contributed by atoms with E-state index < -0.39 is 6.03 Å². The molecule has 2 aliphatic rings. The van der Waals surface area contributed by atoms with E-state index in [1.165, 1.54) is 5.69 Å². The standard InChI is InChI=1S/C18H26N4O2/c19-18(24)22-9-4-6-15(14-22)17(23)21-11-5-10-20(12-13-21)16-7-2-1-3-8-16/h1-3,7-8,15H,4-6,9-14H2,(H2,19,24)/t15-/m1/s1. The first kappa shape index (κ1) is 16.6. The van der Waals surface area contributed by atoms with Crippen molar-refractivity contribution in [2.45, 2.75) is 19.3 Å². The number of nitrogens with two attached hydrogens (primary N) is 1. The zero-order valence-corrected chi connectivity index (χ0v) is 14.1. The fourth-order valence-electron chi connectivity index (χ4n) is 3.67. The highest BCUT2D eigenvalue weighted by molar-refractivity contribution is 5.80. The molecule has 0 aromatic heterocycles. The van der Waals surface area contributed by atoms with E-state index in [9.17, 15) is 9.59 Å². The lowest BCUT2D eigenvalue weighted by Gasteiger charge is -2.33. The van der Waals surface area contributed by atoms with Crippen molar-refractivity contribution in [1.29, 1.82) is 0 Å². The molecule has 6 nitrogen and oxygen atoms in total. The molecular weight excluding hydrogens is 304 g/mol. The van der Waals surface area contributed by atoms with E-state index in [4.69, 9.17) is 5.73 Å². The Labute approximate surface area is 143 Å². The second kappa shape index (κ2) is 7.55. The van der Waals surface area contributed by atoms with Crippen molar-refractivity contribution in [1.82, 2.24) is 9.80 Å². The van der Waals surface area contributed by atoms with Crippen molar-refractivity contribution < 1.29 is 9.59 Å². The van der Waals surface area contributed by atoms with Gasteiger partial charge in [-0.25, -0.2) is 4.79 Å². The number of para-hydroxylation sites is 1. The Bertz CT molecular complexity index is 578. The van der Waals surface area contributed by atoms with Gasteiger partial charge in [-0.05, 0) is 31.4 Å². The van der Waals surface area contributed by atoms with Crippen molar-refractivity contribution in [3.63, 3.8) is 0 Å². The molecule has 0 aliphatic carbocycles. The van der Waals surface area contributed by atoms with Crippen LogP contribution in [0.5, 0.6) is 0 Å². The molecule has 0 spiro atoms. The molecule has 2 fully saturated rings. The van der Waals surface area contributed by atoms with Gasteiger partial charge in [-0.1, -0.05) is 18.2 Å². The number of piperidine rings is 1. The average molecular weight is 330 g/mol. The number of carbonyl (C=O) groups is 2. The Hall–Kier alpha value is -2.24. The molecule has 3 amide bonds. The number of amides is 3. The van der Waals surface area contributed by atoms with E-state index in [1.807, 2.05) is 23.1 Å². The van der Waals surface area contributed by atoms with Crippen LogP contribution in [0.3, 0.4) is 0 Å². The summed E-state index contributed by atoms with van der Waals surface area (Å²) in [6, 6.07) is 9.92. The summed E-state index contributed by atoms with van der Waals surface area (Å²) in [4.78, 5) is 30.1. The van der Waals surface area contributed by atoms with Gasteiger partial charge >= 0.3 is 6.03 Å². The fraction of sp³-hybridized carbons (Fsp3) is 0.556. The van der Waals surface area contributed by atoms with Crippen molar-refractivity contribution in [2.24, 2.45) is 11.7 Å². The fourth-order valence-corrected chi connectivity index (χ4v) is 3.67. The minimum absolute atomic E-state index is 0.102. The highest BCUT2D eigenvalue weighted by Crippen LogP contribution is 2.21. The lowest BCUT2D eigenvalue weighted by molar-refractivity contribution is -0.136. The molecule has 3 rings (SSSR count). The van der Waals surface area contributed by atoms with Gasteiger partial charge in [0.2, 0.25) is 5.91 Å². The highest BCUT2D eigenvalue weighted by atomic mass is 16.2. The topological polar surface area (TPSA) is 69.9 Å². The lowest BCUT2D eigenvalue weighted by Crippen LogP contribution is -2.48. The molecule has 24 heavy (non-hydrogen) atoms. The van der Waals surface area contributed by atoms with Crippen LogP contribution in [0.2, 0.25) is 0 Å². The van der Waals surface area contributed by atoms with Crippen molar-refractivity contribution in [3.05, 3.63) is 30.3 Å². The van der Waals surface area contributed by atoms with Gasteiger partial charge in [-0.15, -0.1) is 0 Å². The maximum Gasteiger partial charge on any atom is 0.314 e. The first-order valence-electron chi connectivity index (χ1n) is 8.78. The van der Waals surface area contributed by atoms with Crippen LogP contribution in [0.15, 0.2) is 30.3 Å². The average Bonchev–Trinajstić information content (AvgIpc) is 2.88. The third-order valence-electron chi connectivity index (χ3n) is 5.01. The van der Waals surface area contributed by atoms with Crippen LogP contribution in [-0.2, 0) is 4.79 Å². The lowest BCUT2D eigenvalue weighted by atomic mass is 9.96. The van der Waals surface area contributed by atoms with E-state index in [0.717, 1.165) is 45.4 Å². The smallest absolute Gasteiger partial charge is 0.314 e. The Balaban J connectivity index is 1.59. The van der Waals surface area contributed by atoms with E-state index in [0.29, 0.717) is 13.1 Å². The van der Waals surface area contributed by atoms with Gasteiger partial charge in [-0.3, -0.25) is 4.79 Å². The van der Waals surface area contributed by atoms with Gasteiger partial charge in [0, 0.05) is 45.0 Å². The van der Waals surface area contributed by atoms with E-state index >= 15 is 0 Å². The van der Waals surface area contributed by atoms with Crippen molar-refractivity contribution in [2.75, 3.05) is 44.2 Å². The van der Waals surface area contributed by atoms with Gasteiger partial charge in [0.25, 0.3) is 0 Å². The molecule has 0 unspecified atom stereocenters. The Morgan fingerprint density at radius 1 is 0.917 bits per heavy atom. The zero-order chi connectivity index (χ0) is 16.9. The van der Waals surface area contributed by atoms with Gasteiger partial charge in [0.1, 0.15) is 0 Å². The number of hydrogen-bond donors (Lipinski definition) is 1. The van der Waals surface area contributed by atoms with Crippen molar-refractivity contribution in [3.8, 4) is 0 Å². The monoisotopic (exact) mass is 330 g/mol. The molecule has 0 radical (unpaired) electrons. The summed E-state index contributed by atoms with van der Waals surface area (Å²) >= 11 is 0. The number of urea groups is 1. The summed E-state index contributed by atoms with van der Waals surface area (Å²) < 4.78 is 0. The number of rotatable bonds is 2. The zero-order valence-electron chi connectivity index (χ0n) is 14.1. The summed E-state index contributed by atoms with van der Waals surface area (Å²) in [5, 5.41) is 0. The molecule has 2 aliphatic heterocycles. The van der Waals surface area contributed by atoms with E-state index in [2.05, 4.69) is 17.0 Å². The minimum Gasteiger partial charge on any atom is -0.370 e. The van der Waals surface area contributed by atoms with Crippen LogP contribution in [0.4, 0.5) is 10.5 Å². The van der Waals surface area contributed by atoms with Crippen LogP contribution in [0, 0.1) is 5.92 Å². The molecule has 1 aromatic carbocycles. The van der Waals surface area contributed by atoms with Crippen LogP contribution in [-0.4, -0.2) is 61.0 Å². The summed E-state index contributed by atoms with van der Waals surface area (Å²) in [5.41, 5.74) is 6.58. The third kappa shape index (κ3) is 3.80. The van der Waals surface area contributed by atoms with E-state index in [-0.39, 0.29) is 11.8 Å². The van der Waals surface area contributed by atoms with Gasteiger partial charge < -0.3 is 20.4 Å². The number of anilines is 1. The highest BCUT2D eigenvalue weighted by Gasteiger charge is 2.31. The Morgan fingerprint density at radius 2 is 1.67 bits per heavy atom. The summed E-state index contributed by atoms with van der Waals surface area (Å²) in [6.45, 7) is 4.47. The molecule has 0 saturated carbocycles. The first-order chi connectivity index (χ1) is 11.6. The minimum atomic E-state index is -0.418. The number of nitrogens with zero attached hydrogens (tertiary/aromatic N) is 3. The largest absolute Gasteiger partial charge is 0.370 e. The molecule has 6 heteroatoms. The Morgan fingerprint density at radius 3 is 2.42 bits per heavy atom. The maximum atomic E-state index is 12.8. The second-order valence-corrected chi connectivity index (χ2v) is 6.62. The number of benzene rings is 1. The molecule has 130 valence electrons. The number of carbonyl (C=O) groups excluding carboxylic acids is 2. The molecule has 2 N–H and O–H groups in total. The first-order valence-corrected chi connectivity index (χ1v) is 8.78. The molecule has 1 aromatic rings. The summed E-state index contributed by atoms with van der Waals surface area (Å²) in [5.74, 6) is 0.0744. The van der Waals surface area contributed by atoms with Gasteiger partial charge in [-0.2, -0.15) is 0 Å². The number of likely N-dealkylation sites (tertiary alicyclic amines) is 1. The molecule has 2 saturated heterocycles. The Kier molecular flexibility index (Phi) is 5.23. The second-order valence-electron chi connectivity index (χ2n) is 6.62. The van der Waals surface area contributed by atoms with E-state index in [1.54, 1.807) is 4.90 Å².